The number of ether oxygens (including phenoxy) is 1. The van der Waals surface area contributed by atoms with E-state index in [9.17, 15) is 0 Å². The van der Waals surface area contributed by atoms with Gasteiger partial charge in [-0.2, -0.15) is 0 Å². The fourth-order valence-electron chi connectivity index (χ4n) is 2.57. The van der Waals surface area contributed by atoms with Gasteiger partial charge in [0.15, 0.2) is 0 Å². The first-order chi connectivity index (χ1) is 10.2. The molecule has 0 amide bonds. The normalized spacial score (nSPS) is 11.0. The van der Waals surface area contributed by atoms with Gasteiger partial charge in [-0.15, -0.1) is 11.6 Å². The Balaban J connectivity index is 2.28. The number of para-hydroxylation sites is 1. The molecule has 2 aromatic carbocycles. The van der Waals surface area contributed by atoms with Crippen LogP contribution in [-0.2, 0) is 6.42 Å². The van der Waals surface area contributed by atoms with E-state index in [1.165, 1.54) is 5.56 Å². The minimum Gasteiger partial charge on any atom is -0.497 e. The van der Waals surface area contributed by atoms with Gasteiger partial charge in [0.1, 0.15) is 11.6 Å². The zero-order chi connectivity index (χ0) is 14.8. The van der Waals surface area contributed by atoms with E-state index in [1.807, 2.05) is 30.3 Å². The average Bonchev–Trinajstić information content (AvgIpc) is 2.85. The molecule has 3 aromatic rings. The first-order valence-electron chi connectivity index (χ1n) is 6.92. The van der Waals surface area contributed by atoms with E-state index in [0.717, 1.165) is 34.7 Å². The lowest BCUT2D eigenvalue weighted by Gasteiger charge is -2.11. The number of rotatable bonds is 4. The molecular weight excluding hydrogens is 284 g/mol. The number of hydrogen-bond acceptors (Lipinski definition) is 2. The van der Waals surface area contributed by atoms with E-state index in [1.54, 1.807) is 7.11 Å². The molecule has 1 heterocycles. The van der Waals surface area contributed by atoms with E-state index >= 15 is 0 Å². The number of aryl methyl sites for hydroxylation is 2. The first-order valence-corrected chi connectivity index (χ1v) is 7.45. The summed E-state index contributed by atoms with van der Waals surface area (Å²) < 4.78 is 7.47. The molecule has 0 bridgehead atoms. The maximum Gasteiger partial charge on any atom is 0.121 e. The number of hydrogen-bond donors (Lipinski definition) is 0. The van der Waals surface area contributed by atoms with Gasteiger partial charge in [0.2, 0.25) is 0 Å². The molecule has 21 heavy (non-hydrogen) atoms. The van der Waals surface area contributed by atoms with Gasteiger partial charge >= 0.3 is 0 Å². The van der Waals surface area contributed by atoms with Crippen LogP contribution in [0, 0.1) is 6.92 Å². The smallest absolute Gasteiger partial charge is 0.121 e. The minimum atomic E-state index is 0.548. The molecule has 0 N–H and O–H groups in total. The molecule has 0 spiro atoms. The van der Waals surface area contributed by atoms with Crippen molar-refractivity contribution in [3.63, 3.8) is 0 Å². The Morgan fingerprint density at radius 3 is 2.71 bits per heavy atom. The summed E-state index contributed by atoms with van der Waals surface area (Å²) in [5.74, 6) is 2.34. The third-order valence-corrected chi connectivity index (χ3v) is 3.79. The van der Waals surface area contributed by atoms with Gasteiger partial charge in [-0.1, -0.05) is 18.2 Å². The summed E-state index contributed by atoms with van der Waals surface area (Å²) >= 11 is 5.94. The van der Waals surface area contributed by atoms with Crippen molar-refractivity contribution in [2.45, 2.75) is 13.3 Å². The predicted octanol–water partition coefficient (Wildman–Crippen LogP) is 4.12. The van der Waals surface area contributed by atoms with Crippen molar-refractivity contribution in [2.24, 2.45) is 0 Å². The molecule has 1 aromatic heterocycles. The molecular formula is C17H17ClN2O. The summed E-state index contributed by atoms with van der Waals surface area (Å²) in [6.07, 6.45) is 0.729. The molecule has 0 aliphatic carbocycles. The number of aromatic nitrogens is 2. The van der Waals surface area contributed by atoms with E-state index in [0.29, 0.717) is 5.88 Å². The summed E-state index contributed by atoms with van der Waals surface area (Å²) in [6, 6.07) is 14.3. The second-order valence-electron chi connectivity index (χ2n) is 4.94. The van der Waals surface area contributed by atoms with Crippen LogP contribution in [0.3, 0.4) is 0 Å². The third kappa shape index (κ3) is 2.49. The van der Waals surface area contributed by atoms with Gasteiger partial charge in [0.05, 0.1) is 23.8 Å². The van der Waals surface area contributed by atoms with Gasteiger partial charge < -0.3 is 4.74 Å². The van der Waals surface area contributed by atoms with Crippen LogP contribution in [-0.4, -0.2) is 22.5 Å². The Labute approximate surface area is 129 Å². The predicted molar refractivity (Wildman–Crippen MR) is 86.8 cm³/mol. The lowest BCUT2D eigenvalue weighted by molar-refractivity contribution is 0.415. The maximum absolute atomic E-state index is 5.94. The highest BCUT2D eigenvalue weighted by Gasteiger charge is 2.14. The number of halogens is 1. The lowest BCUT2D eigenvalue weighted by Crippen LogP contribution is -2.03. The van der Waals surface area contributed by atoms with Crippen LogP contribution in [0.2, 0.25) is 0 Å². The van der Waals surface area contributed by atoms with Crippen molar-refractivity contribution in [3.8, 4) is 11.4 Å². The molecule has 0 saturated heterocycles. The van der Waals surface area contributed by atoms with Gasteiger partial charge in [0, 0.05) is 18.4 Å². The molecule has 0 aliphatic heterocycles. The van der Waals surface area contributed by atoms with E-state index in [2.05, 4.69) is 23.6 Å². The van der Waals surface area contributed by atoms with Crippen LogP contribution in [0.5, 0.6) is 5.75 Å². The maximum atomic E-state index is 5.94. The van der Waals surface area contributed by atoms with Crippen molar-refractivity contribution in [1.29, 1.82) is 0 Å². The minimum absolute atomic E-state index is 0.548. The topological polar surface area (TPSA) is 27.1 Å². The molecule has 0 atom stereocenters. The Kier molecular flexibility index (Phi) is 3.84. The van der Waals surface area contributed by atoms with Gasteiger partial charge in [-0.05, 0) is 30.7 Å². The van der Waals surface area contributed by atoms with Gasteiger partial charge in [0.25, 0.3) is 0 Å². The Morgan fingerprint density at radius 1 is 1.19 bits per heavy atom. The standard InChI is InChI=1S/C17H17ClN2O/c1-12-5-3-4-6-15(12)20-16-8-7-13(21-2)11-14(16)19-17(20)9-10-18/h3-8,11H,9-10H2,1-2H3. The Hall–Kier alpha value is -2.00. The van der Waals surface area contributed by atoms with E-state index in [-0.39, 0.29) is 0 Å². The quantitative estimate of drug-likeness (QED) is 0.678. The molecule has 0 radical (unpaired) electrons. The molecule has 0 unspecified atom stereocenters. The Bertz CT molecular complexity index is 780. The molecule has 4 heteroatoms. The van der Waals surface area contributed by atoms with Crippen LogP contribution < -0.4 is 4.74 Å². The number of methoxy groups -OCH3 is 1. The highest BCUT2D eigenvalue weighted by molar-refractivity contribution is 6.17. The lowest BCUT2D eigenvalue weighted by atomic mass is 10.2. The van der Waals surface area contributed by atoms with Gasteiger partial charge in [-0.3, -0.25) is 4.57 Å². The fourth-order valence-corrected chi connectivity index (χ4v) is 2.74. The van der Waals surface area contributed by atoms with E-state index in [4.69, 9.17) is 21.3 Å². The number of benzene rings is 2. The number of imidazole rings is 1. The van der Waals surface area contributed by atoms with Crippen LogP contribution in [0.1, 0.15) is 11.4 Å². The van der Waals surface area contributed by atoms with E-state index < -0.39 is 0 Å². The van der Waals surface area contributed by atoms with Crippen molar-refractivity contribution in [3.05, 3.63) is 53.9 Å². The third-order valence-electron chi connectivity index (χ3n) is 3.61. The second-order valence-corrected chi connectivity index (χ2v) is 5.32. The van der Waals surface area contributed by atoms with Crippen molar-refractivity contribution in [2.75, 3.05) is 13.0 Å². The molecule has 0 saturated carbocycles. The molecule has 3 rings (SSSR count). The number of alkyl halides is 1. The van der Waals surface area contributed by atoms with Crippen molar-refractivity contribution < 1.29 is 4.74 Å². The molecule has 0 aliphatic rings. The summed E-state index contributed by atoms with van der Waals surface area (Å²) in [6.45, 7) is 2.11. The van der Waals surface area contributed by atoms with Gasteiger partial charge in [-0.25, -0.2) is 4.98 Å². The molecule has 3 nitrogen and oxygen atoms in total. The largest absolute Gasteiger partial charge is 0.497 e. The van der Waals surface area contributed by atoms with Crippen LogP contribution in [0.15, 0.2) is 42.5 Å². The SMILES string of the molecule is COc1ccc2c(c1)nc(CCCl)n2-c1ccccc1C. The number of nitrogens with zero attached hydrogens (tertiary/aromatic N) is 2. The average molecular weight is 301 g/mol. The van der Waals surface area contributed by atoms with Crippen LogP contribution in [0.25, 0.3) is 16.7 Å². The van der Waals surface area contributed by atoms with Crippen molar-refractivity contribution >= 4 is 22.6 Å². The highest BCUT2D eigenvalue weighted by atomic mass is 35.5. The van der Waals surface area contributed by atoms with Crippen molar-refractivity contribution in [1.82, 2.24) is 9.55 Å². The summed E-state index contributed by atoms with van der Waals surface area (Å²) in [5, 5.41) is 0. The summed E-state index contributed by atoms with van der Waals surface area (Å²) in [5.41, 5.74) is 4.36. The van der Waals surface area contributed by atoms with Crippen LogP contribution >= 0.6 is 11.6 Å². The zero-order valence-electron chi connectivity index (χ0n) is 12.1. The Morgan fingerprint density at radius 2 is 2.00 bits per heavy atom. The zero-order valence-corrected chi connectivity index (χ0v) is 12.9. The van der Waals surface area contributed by atoms with Crippen LogP contribution in [0.4, 0.5) is 0 Å². The fraction of sp³-hybridized carbons (Fsp3) is 0.235. The molecule has 0 fully saturated rings. The summed E-state index contributed by atoms with van der Waals surface area (Å²) in [4.78, 5) is 4.73. The second kappa shape index (κ2) is 5.78. The molecule has 108 valence electrons. The number of fused-ring (bicyclic) bond motifs is 1. The monoisotopic (exact) mass is 300 g/mol. The first kappa shape index (κ1) is 14.0. The highest BCUT2D eigenvalue weighted by Crippen LogP contribution is 2.27. The summed E-state index contributed by atoms with van der Waals surface area (Å²) in [7, 11) is 1.67.